The van der Waals surface area contributed by atoms with Gasteiger partial charge in [-0.25, -0.2) is 9.13 Å². The smallest absolute Gasteiger partial charge is 0.176 e. The third kappa shape index (κ3) is 6.41. The quantitative estimate of drug-likeness (QED) is 0.111. The van der Waals surface area contributed by atoms with Crippen LogP contribution in [0.4, 0.5) is 0 Å². The van der Waals surface area contributed by atoms with E-state index >= 15 is 0 Å². The summed E-state index contributed by atoms with van der Waals surface area (Å²) in [5, 5.41) is 30.2. The zero-order chi connectivity index (χ0) is 35.9. The van der Waals surface area contributed by atoms with Gasteiger partial charge in [0, 0.05) is 81.4 Å². The van der Waals surface area contributed by atoms with Gasteiger partial charge in [0.05, 0.1) is 24.2 Å². The molecule has 8 aromatic rings. The summed E-state index contributed by atoms with van der Waals surface area (Å²) in [6.45, 7) is 12.6. The first-order chi connectivity index (χ1) is 25.4. The lowest BCUT2D eigenvalue weighted by Gasteiger charge is -2.12. The zero-order valence-electron chi connectivity index (χ0n) is 31.6. The Bertz CT molecular complexity index is 2440. The second-order valence-electron chi connectivity index (χ2n) is 14.9. The Morgan fingerprint density at radius 1 is 0.472 bits per heavy atom. The van der Waals surface area contributed by atoms with Gasteiger partial charge >= 0.3 is 0 Å². The van der Waals surface area contributed by atoms with Crippen molar-refractivity contribution in [1.29, 1.82) is 0 Å². The number of fused-ring (bicyclic) bond motifs is 8. The highest BCUT2D eigenvalue weighted by Crippen LogP contribution is 2.39. The maximum absolute atomic E-state index is 9.86. The molecule has 0 bridgehead atoms. The molecule has 2 N–H and O–H groups in total. The van der Waals surface area contributed by atoms with Crippen molar-refractivity contribution in [1.82, 2.24) is 9.13 Å². The van der Waals surface area contributed by atoms with Crippen molar-refractivity contribution >= 4 is 65.2 Å². The maximum atomic E-state index is 9.86. The number of aliphatic hydroxyl groups is 2. The van der Waals surface area contributed by atoms with Crippen LogP contribution in [0, 0.1) is 27.7 Å². The van der Waals surface area contributed by atoms with Gasteiger partial charge in [-0.2, -0.15) is 0 Å². The molecule has 0 spiro atoms. The van der Waals surface area contributed by atoms with Crippen molar-refractivity contribution < 1.29 is 36.3 Å². The first-order valence-corrected chi connectivity index (χ1v) is 19.3. The monoisotopic (exact) mass is 771 g/mol. The lowest BCUT2D eigenvalue weighted by Crippen LogP contribution is -3.00. The van der Waals surface area contributed by atoms with Crippen molar-refractivity contribution in [3.63, 3.8) is 0 Å². The number of benzene rings is 4. The lowest BCUT2D eigenvalue weighted by atomic mass is 9.97. The van der Waals surface area contributed by atoms with Crippen molar-refractivity contribution in [2.45, 2.75) is 92.4 Å². The van der Waals surface area contributed by atoms with E-state index in [1.54, 1.807) is 0 Å². The highest BCUT2D eigenvalue weighted by Gasteiger charge is 2.21. The molecule has 8 rings (SSSR count). The molecule has 4 aromatic heterocycles. The SMILES string of the molecule is Cc1c2c[n+](CCCCCCCC[n+]3ccc4c(C)c5c(c(C)c4c3)c3ccccc3n5CCO)ccc2c(C)c2c1c1ccccc1n2CCO.[Br-]. The number of rotatable bonds is 13. The van der Waals surface area contributed by atoms with Crippen molar-refractivity contribution in [2.24, 2.45) is 0 Å². The van der Waals surface area contributed by atoms with E-state index < -0.39 is 0 Å². The number of unbranched alkanes of at least 4 members (excludes halogenated alkanes) is 5. The van der Waals surface area contributed by atoms with E-state index in [4.69, 9.17) is 0 Å². The third-order valence-electron chi connectivity index (χ3n) is 11.8. The largest absolute Gasteiger partial charge is 1.00 e. The minimum absolute atomic E-state index is 0. The number of aryl methyl sites for hydroxylation is 6. The number of hydrogen-bond acceptors (Lipinski definition) is 2. The van der Waals surface area contributed by atoms with Gasteiger partial charge < -0.3 is 36.3 Å². The van der Waals surface area contributed by atoms with Crippen LogP contribution >= 0.6 is 0 Å². The lowest BCUT2D eigenvalue weighted by molar-refractivity contribution is -0.696. The number of pyridine rings is 2. The fourth-order valence-corrected chi connectivity index (χ4v) is 9.24. The molecular weight excluding hydrogens is 720 g/mol. The number of aliphatic hydroxyl groups excluding tert-OH is 2. The molecule has 0 amide bonds. The second-order valence-corrected chi connectivity index (χ2v) is 14.9. The van der Waals surface area contributed by atoms with Gasteiger partial charge in [-0.05, 0) is 85.7 Å². The first kappa shape index (κ1) is 37.0. The molecule has 0 saturated heterocycles. The number of para-hydroxylation sites is 2. The highest BCUT2D eigenvalue weighted by atomic mass is 79.9. The Morgan fingerprint density at radius 3 is 1.28 bits per heavy atom. The summed E-state index contributed by atoms with van der Waals surface area (Å²) in [7, 11) is 0. The summed E-state index contributed by atoms with van der Waals surface area (Å²) in [5.41, 5.74) is 10.1. The Labute approximate surface area is 322 Å². The molecule has 53 heavy (non-hydrogen) atoms. The van der Waals surface area contributed by atoms with Crippen molar-refractivity contribution in [2.75, 3.05) is 13.2 Å². The predicted molar refractivity (Wildman–Crippen MR) is 215 cm³/mol. The van der Waals surface area contributed by atoms with Gasteiger partial charge in [-0.15, -0.1) is 0 Å². The molecule has 0 unspecified atom stereocenters. The molecule has 0 atom stereocenters. The number of hydrogen-bond donors (Lipinski definition) is 2. The van der Waals surface area contributed by atoms with E-state index in [1.165, 1.54) is 126 Å². The summed E-state index contributed by atoms with van der Waals surface area (Å²) in [5.74, 6) is 0. The molecule has 0 fully saturated rings. The second kappa shape index (κ2) is 15.6. The topological polar surface area (TPSA) is 58.1 Å². The van der Waals surface area contributed by atoms with E-state index in [1.807, 2.05) is 0 Å². The van der Waals surface area contributed by atoms with Gasteiger partial charge in [0.15, 0.2) is 24.8 Å². The molecule has 0 aliphatic heterocycles. The maximum Gasteiger partial charge on any atom is 0.176 e. The summed E-state index contributed by atoms with van der Waals surface area (Å²) in [6, 6.07) is 21.8. The summed E-state index contributed by atoms with van der Waals surface area (Å²) in [6.07, 6.45) is 16.6. The van der Waals surface area contributed by atoms with Gasteiger partial charge in [0.2, 0.25) is 0 Å². The molecule has 0 radical (unpaired) electrons. The third-order valence-corrected chi connectivity index (χ3v) is 11.8. The van der Waals surface area contributed by atoms with Crippen molar-refractivity contribution in [3.8, 4) is 0 Å². The average molecular weight is 773 g/mol. The van der Waals surface area contributed by atoms with Gasteiger partial charge in [-0.1, -0.05) is 49.2 Å². The van der Waals surface area contributed by atoms with E-state index in [9.17, 15) is 10.2 Å². The minimum atomic E-state index is 0. The van der Waals surface area contributed by atoms with Crippen LogP contribution in [0.3, 0.4) is 0 Å². The molecule has 0 saturated carbocycles. The van der Waals surface area contributed by atoms with E-state index in [2.05, 4.69) is 131 Å². The predicted octanol–water partition coefficient (Wildman–Crippen LogP) is 6.05. The average Bonchev–Trinajstić information content (AvgIpc) is 3.68. The molecular formula is C46H52BrN4O2+. The number of halogens is 1. The molecule has 7 heteroatoms. The minimum Gasteiger partial charge on any atom is -1.00 e. The summed E-state index contributed by atoms with van der Waals surface area (Å²) >= 11 is 0. The van der Waals surface area contributed by atoms with Crippen LogP contribution < -0.4 is 26.1 Å². The van der Waals surface area contributed by atoms with Crippen LogP contribution in [-0.2, 0) is 26.2 Å². The fraction of sp³-hybridized carbons (Fsp3) is 0.348. The fourth-order valence-electron chi connectivity index (χ4n) is 9.24. The Balaban J connectivity index is 0.00000435. The molecule has 4 heterocycles. The summed E-state index contributed by atoms with van der Waals surface area (Å²) < 4.78 is 9.36. The summed E-state index contributed by atoms with van der Waals surface area (Å²) in [4.78, 5) is 0. The number of nitrogens with zero attached hydrogens (tertiary/aromatic N) is 4. The van der Waals surface area contributed by atoms with Crippen LogP contribution in [0.2, 0.25) is 0 Å². The Morgan fingerprint density at radius 2 is 0.868 bits per heavy atom. The molecule has 0 aliphatic carbocycles. The van der Waals surface area contributed by atoms with Gasteiger partial charge in [0.25, 0.3) is 0 Å². The van der Waals surface area contributed by atoms with Gasteiger partial charge in [-0.3, -0.25) is 0 Å². The van der Waals surface area contributed by atoms with Crippen LogP contribution in [0.5, 0.6) is 0 Å². The van der Waals surface area contributed by atoms with Crippen LogP contribution in [0.15, 0.2) is 85.5 Å². The van der Waals surface area contributed by atoms with E-state index in [-0.39, 0.29) is 30.2 Å². The Kier molecular flexibility index (Phi) is 10.9. The number of aromatic nitrogens is 4. The van der Waals surface area contributed by atoms with E-state index in [0.717, 1.165) is 13.1 Å². The highest BCUT2D eigenvalue weighted by molar-refractivity contribution is 6.18. The standard InChI is InChI=1S/C46H52N4O2.BrH/c1-31-39-29-47(23-19-35(39)33(3)45-43(31)37-15-9-11-17-41(37)49(45)25-27-51)21-13-7-5-6-8-14-22-48-24-20-36-34(4)46-44(32(2)40(36)30-48)38-16-10-12-18-42(38)50(46)26-28-52;/h9-12,15-20,23-24,29-30,51-52H,5-8,13-14,21-22,25-28H2,1-4H3;1H/q+2;/p-1. The van der Waals surface area contributed by atoms with Crippen molar-refractivity contribution in [3.05, 3.63) is 108 Å². The van der Waals surface area contributed by atoms with Gasteiger partial charge in [0.1, 0.15) is 13.1 Å². The molecule has 274 valence electrons. The van der Waals surface area contributed by atoms with Crippen LogP contribution in [0.25, 0.3) is 65.2 Å². The van der Waals surface area contributed by atoms with E-state index in [0.29, 0.717) is 13.1 Å². The normalized spacial score (nSPS) is 12.0. The first-order valence-electron chi connectivity index (χ1n) is 19.3. The molecule has 0 aliphatic rings. The molecule has 4 aromatic carbocycles. The van der Waals surface area contributed by atoms with Crippen LogP contribution in [-0.4, -0.2) is 32.6 Å². The Hall–Kier alpha value is -4.30. The van der Waals surface area contributed by atoms with Crippen LogP contribution in [0.1, 0.15) is 60.8 Å². The zero-order valence-corrected chi connectivity index (χ0v) is 33.2. The molecule has 6 nitrogen and oxygen atoms in total.